The van der Waals surface area contributed by atoms with Crippen LogP contribution in [0.15, 0.2) is 24.3 Å². The van der Waals surface area contributed by atoms with E-state index in [-0.39, 0.29) is 18.1 Å². The maximum absolute atomic E-state index is 12.4. The fourth-order valence-electron chi connectivity index (χ4n) is 3.41. The van der Waals surface area contributed by atoms with Crippen LogP contribution in [-0.4, -0.2) is 59.1 Å². The normalized spacial score (nSPS) is 27.0. The summed E-state index contributed by atoms with van der Waals surface area (Å²) in [7, 11) is 0. The molecule has 5 heteroatoms. The third kappa shape index (κ3) is 3.23. The van der Waals surface area contributed by atoms with Gasteiger partial charge >= 0.3 is 0 Å². The minimum Gasteiger partial charge on any atom is -0.391 e. The van der Waals surface area contributed by atoms with E-state index in [1.54, 1.807) is 24.3 Å². The van der Waals surface area contributed by atoms with Crippen LogP contribution < -0.4 is 0 Å². The Morgan fingerprint density at radius 3 is 2.57 bits per heavy atom. The van der Waals surface area contributed by atoms with Crippen molar-refractivity contribution in [3.63, 3.8) is 0 Å². The summed E-state index contributed by atoms with van der Waals surface area (Å²) in [5.41, 5.74) is 0.650. The van der Waals surface area contributed by atoms with Crippen LogP contribution in [0.5, 0.6) is 0 Å². The van der Waals surface area contributed by atoms with E-state index in [0.717, 1.165) is 32.4 Å². The highest BCUT2D eigenvalue weighted by atomic mass is 35.5. The van der Waals surface area contributed by atoms with Crippen LogP contribution in [0.2, 0.25) is 5.02 Å². The number of rotatable bonds is 2. The molecule has 1 amide bonds. The van der Waals surface area contributed by atoms with Gasteiger partial charge < -0.3 is 10.0 Å². The number of carbonyl (C=O) groups is 1. The van der Waals surface area contributed by atoms with E-state index in [0.29, 0.717) is 23.7 Å². The molecule has 1 aliphatic carbocycles. The molecular formula is C16H21ClN2O2. The van der Waals surface area contributed by atoms with Gasteiger partial charge in [-0.15, -0.1) is 0 Å². The van der Waals surface area contributed by atoms with Gasteiger partial charge in [0.15, 0.2) is 0 Å². The van der Waals surface area contributed by atoms with Crippen molar-refractivity contribution in [2.24, 2.45) is 0 Å². The molecule has 1 aromatic rings. The van der Waals surface area contributed by atoms with Crippen molar-refractivity contribution < 1.29 is 9.90 Å². The number of amides is 1. The molecule has 1 saturated carbocycles. The fraction of sp³-hybridized carbons (Fsp3) is 0.562. The lowest BCUT2D eigenvalue weighted by atomic mass is 10.1. The first-order chi connectivity index (χ1) is 10.1. The number of hydrogen-bond acceptors (Lipinski definition) is 3. The van der Waals surface area contributed by atoms with E-state index in [9.17, 15) is 9.90 Å². The zero-order valence-electron chi connectivity index (χ0n) is 12.0. The summed E-state index contributed by atoms with van der Waals surface area (Å²) in [6, 6.07) is 7.39. The quantitative estimate of drug-likeness (QED) is 0.909. The molecule has 2 atom stereocenters. The zero-order chi connectivity index (χ0) is 14.8. The Kier molecular flexibility index (Phi) is 4.48. The highest BCUT2D eigenvalue weighted by Gasteiger charge is 2.33. The molecular weight excluding hydrogens is 288 g/mol. The number of benzene rings is 1. The number of aliphatic hydroxyl groups is 1. The summed E-state index contributed by atoms with van der Waals surface area (Å²) in [6.45, 7) is 3.12. The predicted molar refractivity (Wildman–Crippen MR) is 82.6 cm³/mol. The molecule has 2 fully saturated rings. The van der Waals surface area contributed by atoms with Crippen molar-refractivity contribution in [1.29, 1.82) is 0 Å². The average Bonchev–Trinajstić information content (AvgIpc) is 2.93. The number of aliphatic hydroxyl groups excluding tert-OH is 1. The predicted octanol–water partition coefficient (Wildman–Crippen LogP) is 2.01. The third-order valence-electron chi connectivity index (χ3n) is 4.59. The van der Waals surface area contributed by atoms with E-state index in [1.807, 2.05) is 4.90 Å². The number of hydrogen-bond donors (Lipinski definition) is 1. The molecule has 0 spiro atoms. The molecule has 1 aromatic carbocycles. The van der Waals surface area contributed by atoms with Crippen LogP contribution >= 0.6 is 11.6 Å². The third-order valence-corrected chi connectivity index (χ3v) is 4.82. The molecule has 0 aromatic heterocycles. The van der Waals surface area contributed by atoms with Crippen molar-refractivity contribution in [2.45, 2.75) is 31.4 Å². The molecule has 3 rings (SSSR count). The summed E-state index contributed by atoms with van der Waals surface area (Å²) in [6.07, 6.45) is 2.89. The van der Waals surface area contributed by atoms with E-state index in [2.05, 4.69) is 4.90 Å². The van der Waals surface area contributed by atoms with E-state index >= 15 is 0 Å². The van der Waals surface area contributed by atoms with E-state index in [1.165, 1.54) is 0 Å². The Morgan fingerprint density at radius 2 is 1.95 bits per heavy atom. The molecule has 1 saturated heterocycles. The summed E-state index contributed by atoms with van der Waals surface area (Å²) >= 11 is 5.95. The second kappa shape index (κ2) is 6.34. The highest BCUT2D eigenvalue weighted by molar-refractivity contribution is 6.30. The first-order valence-corrected chi connectivity index (χ1v) is 8.00. The van der Waals surface area contributed by atoms with Crippen LogP contribution in [0.1, 0.15) is 29.6 Å². The van der Waals surface area contributed by atoms with Crippen LogP contribution in [-0.2, 0) is 0 Å². The summed E-state index contributed by atoms with van der Waals surface area (Å²) in [4.78, 5) is 16.7. The number of halogens is 1. The molecule has 1 heterocycles. The molecule has 2 aliphatic rings. The number of nitrogens with zero attached hydrogens (tertiary/aromatic N) is 2. The average molecular weight is 309 g/mol. The molecule has 114 valence electrons. The maximum Gasteiger partial charge on any atom is 0.253 e. The van der Waals surface area contributed by atoms with Gasteiger partial charge in [0.05, 0.1) is 6.10 Å². The van der Waals surface area contributed by atoms with Gasteiger partial charge in [-0.05, 0) is 37.5 Å². The topological polar surface area (TPSA) is 43.8 Å². The molecule has 21 heavy (non-hydrogen) atoms. The molecule has 1 N–H and O–H groups in total. The Bertz CT molecular complexity index is 515. The van der Waals surface area contributed by atoms with Crippen LogP contribution in [0.4, 0.5) is 0 Å². The van der Waals surface area contributed by atoms with Crippen molar-refractivity contribution >= 4 is 17.5 Å². The van der Waals surface area contributed by atoms with Gasteiger partial charge in [0.1, 0.15) is 0 Å². The van der Waals surface area contributed by atoms with Gasteiger partial charge in [-0.3, -0.25) is 9.69 Å². The Labute approximate surface area is 130 Å². The number of piperazine rings is 1. The van der Waals surface area contributed by atoms with Gasteiger partial charge in [-0.25, -0.2) is 0 Å². The lowest BCUT2D eigenvalue weighted by Crippen LogP contribution is -2.53. The SMILES string of the molecule is O=C(c1cccc(Cl)c1)N1CCN([C@H]2CCC[C@@H]2O)CC1. The molecule has 0 bridgehead atoms. The minimum atomic E-state index is -0.194. The van der Waals surface area contributed by atoms with Crippen molar-refractivity contribution in [1.82, 2.24) is 9.80 Å². The standard InChI is InChI=1S/C16H21ClN2O2/c17-13-4-1-3-12(11-13)16(21)19-9-7-18(8-10-19)14-5-2-6-15(14)20/h1,3-4,11,14-15,20H,2,5-10H2/t14-,15-/m0/s1. The summed E-state index contributed by atoms with van der Waals surface area (Å²) in [5.74, 6) is 0.0455. The van der Waals surface area contributed by atoms with Crippen LogP contribution in [0.3, 0.4) is 0 Å². The second-order valence-corrected chi connectivity index (χ2v) is 6.34. The van der Waals surface area contributed by atoms with Gasteiger partial charge in [-0.2, -0.15) is 0 Å². The van der Waals surface area contributed by atoms with Gasteiger partial charge in [0.25, 0.3) is 5.91 Å². The monoisotopic (exact) mass is 308 g/mol. The number of carbonyl (C=O) groups excluding carboxylic acids is 1. The lowest BCUT2D eigenvalue weighted by molar-refractivity contribution is 0.0315. The molecule has 1 aliphatic heterocycles. The van der Waals surface area contributed by atoms with E-state index in [4.69, 9.17) is 11.6 Å². The maximum atomic E-state index is 12.4. The van der Waals surface area contributed by atoms with Gasteiger partial charge in [-0.1, -0.05) is 17.7 Å². The Balaban J connectivity index is 1.59. The second-order valence-electron chi connectivity index (χ2n) is 5.90. The fourth-order valence-corrected chi connectivity index (χ4v) is 3.60. The summed E-state index contributed by atoms with van der Waals surface area (Å²) in [5, 5.41) is 10.6. The van der Waals surface area contributed by atoms with Crippen LogP contribution in [0, 0.1) is 0 Å². The Hall–Kier alpha value is -1.10. The molecule has 0 radical (unpaired) electrons. The van der Waals surface area contributed by atoms with Crippen molar-refractivity contribution in [3.05, 3.63) is 34.9 Å². The first-order valence-electron chi connectivity index (χ1n) is 7.62. The first kappa shape index (κ1) is 14.8. The lowest BCUT2D eigenvalue weighted by Gasteiger charge is -2.39. The largest absolute Gasteiger partial charge is 0.391 e. The summed E-state index contributed by atoms with van der Waals surface area (Å²) < 4.78 is 0. The van der Waals surface area contributed by atoms with Gasteiger partial charge in [0, 0.05) is 42.8 Å². The van der Waals surface area contributed by atoms with Crippen molar-refractivity contribution in [2.75, 3.05) is 26.2 Å². The Morgan fingerprint density at radius 1 is 1.19 bits per heavy atom. The smallest absolute Gasteiger partial charge is 0.253 e. The van der Waals surface area contributed by atoms with Crippen molar-refractivity contribution in [3.8, 4) is 0 Å². The highest BCUT2D eigenvalue weighted by Crippen LogP contribution is 2.25. The minimum absolute atomic E-state index is 0.0455. The van der Waals surface area contributed by atoms with E-state index < -0.39 is 0 Å². The molecule has 4 nitrogen and oxygen atoms in total. The molecule has 0 unspecified atom stereocenters. The zero-order valence-corrected chi connectivity index (χ0v) is 12.8. The van der Waals surface area contributed by atoms with Gasteiger partial charge in [0.2, 0.25) is 0 Å². The van der Waals surface area contributed by atoms with Crippen LogP contribution in [0.25, 0.3) is 0 Å².